The van der Waals surface area contributed by atoms with Crippen LogP contribution in [0.2, 0.25) is 0 Å². The van der Waals surface area contributed by atoms with E-state index in [1.807, 2.05) is 6.92 Å². The van der Waals surface area contributed by atoms with Gasteiger partial charge in [-0.3, -0.25) is 0 Å². The minimum absolute atomic E-state index is 0.0591. The van der Waals surface area contributed by atoms with Crippen molar-refractivity contribution in [1.82, 2.24) is 0 Å². The summed E-state index contributed by atoms with van der Waals surface area (Å²) < 4.78 is 23.5. The zero-order valence-electron chi connectivity index (χ0n) is 11.6. The van der Waals surface area contributed by atoms with E-state index in [2.05, 4.69) is 24.3 Å². The minimum atomic E-state index is -2.92. The largest absolute Gasteiger partial charge is 0.229 e. The number of halogens is 2. The Morgan fingerprint density at radius 1 is 1.20 bits per heavy atom. The van der Waals surface area contributed by atoms with Gasteiger partial charge < -0.3 is 0 Å². The van der Waals surface area contributed by atoms with E-state index < -0.39 is 9.84 Å². The van der Waals surface area contributed by atoms with Crippen molar-refractivity contribution in [3.05, 3.63) is 35.4 Å². The molecule has 2 nitrogen and oxygen atoms in total. The van der Waals surface area contributed by atoms with Crippen molar-refractivity contribution < 1.29 is 8.42 Å². The lowest BCUT2D eigenvalue weighted by Crippen LogP contribution is -2.37. The van der Waals surface area contributed by atoms with Crippen LogP contribution in [-0.4, -0.2) is 31.7 Å². The predicted octanol–water partition coefficient (Wildman–Crippen LogP) is 3.44. The van der Waals surface area contributed by atoms with E-state index in [4.69, 9.17) is 23.2 Å². The minimum Gasteiger partial charge on any atom is -0.229 e. The van der Waals surface area contributed by atoms with Crippen LogP contribution in [-0.2, 0) is 16.3 Å². The van der Waals surface area contributed by atoms with Gasteiger partial charge in [-0.25, -0.2) is 8.42 Å². The molecule has 20 heavy (non-hydrogen) atoms. The van der Waals surface area contributed by atoms with Crippen LogP contribution in [0.3, 0.4) is 0 Å². The fraction of sp³-hybridized carbons (Fsp3) is 0.600. The molecule has 2 rings (SSSR count). The summed E-state index contributed by atoms with van der Waals surface area (Å²) in [6, 6.07) is 8.28. The van der Waals surface area contributed by atoms with E-state index in [0.29, 0.717) is 18.2 Å². The monoisotopic (exact) mass is 334 g/mol. The van der Waals surface area contributed by atoms with Gasteiger partial charge in [0, 0.05) is 17.2 Å². The number of hydrogen-bond donors (Lipinski definition) is 0. The van der Waals surface area contributed by atoms with Crippen molar-refractivity contribution in [3.63, 3.8) is 0 Å². The van der Waals surface area contributed by atoms with E-state index in [0.717, 1.165) is 6.42 Å². The van der Waals surface area contributed by atoms with Crippen molar-refractivity contribution in [2.45, 2.75) is 19.8 Å². The van der Waals surface area contributed by atoms with Crippen LogP contribution in [0.4, 0.5) is 0 Å². The van der Waals surface area contributed by atoms with Crippen molar-refractivity contribution in [3.8, 4) is 0 Å². The van der Waals surface area contributed by atoms with Gasteiger partial charge in [0.2, 0.25) is 0 Å². The molecule has 5 heteroatoms. The Hall–Kier alpha value is -0.250. The predicted molar refractivity (Wildman–Crippen MR) is 85.5 cm³/mol. The summed E-state index contributed by atoms with van der Waals surface area (Å²) in [6.07, 6.45) is 1.41. The van der Waals surface area contributed by atoms with E-state index >= 15 is 0 Å². The summed E-state index contributed by atoms with van der Waals surface area (Å²) in [5.74, 6) is 1.33. The number of benzene rings is 1. The van der Waals surface area contributed by atoms with Crippen LogP contribution < -0.4 is 0 Å². The molecule has 1 fully saturated rings. The summed E-state index contributed by atoms with van der Waals surface area (Å²) in [4.78, 5) is 0. The first-order chi connectivity index (χ1) is 9.41. The molecule has 0 radical (unpaired) electrons. The fourth-order valence-corrected chi connectivity index (χ4v) is 5.74. The van der Waals surface area contributed by atoms with Crippen LogP contribution in [0.25, 0.3) is 0 Å². The molecule has 0 amide bonds. The Labute approximate surface area is 131 Å². The summed E-state index contributed by atoms with van der Waals surface area (Å²) in [5.41, 5.74) is 2.04. The third-order valence-electron chi connectivity index (χ3n) is 4.31. The normalized spacial score (nSPS) is 22.1. The van der Waals surface area contributed by atoms with E-state index in [-0.39, 0.29) is 22.8 Å². The standard InChI is InChI=1S/C15H20Cl2O2S/c1-12-2-4-13(5-3-12)8-15(10-16,11-17)14-6-7-20(18,19)9-14/h2-5,14H,6-11H2,1H3. The van der Waals surface area contributed by atoms with Gasteiger partial charge in [-0.05, 0) is 31.2 Å². The van der Waals surface area contributed by atoms with Gasteiger partial charge in [-0.15, -0.1) is 23.2 Å². The molecule has 0 saturated carbocycles. The first kappa shape index (κ1) is 16.1. The topological polar surface area (TPSA) is 34.1 Å². The van der Waals surface area contributed by atoms with Crippen LogP contribution in [0, 0.1) is 18.3 Å². The average molecular weight is 335 g/mol. The maximum Gasteiger partial charge on any atom is 0.150 e. The molecule has 1 atom stereocenters. The number of aryl methyl sites for hydroxylation is 1. The Morgan fingerprint density at radius 3 is 2.25 bits per heavy atom. The lowest BCUT2D eigenvalue weighted by Gasteiger charge is -2.35. The van der Waals surface area contributed by atoms with Crippen molar-refractivity contribution >= 4 is 33.0 Å². The molecule has 1 unspecified atom stereocenters. The van der Waals surface area contributed by atoms with Gasteiger partial charge >= 0.3 is 0 Å². The van der Waals surface area contributed by atoms with Crippen LogP contribution in [0.1, 0.15) is 17.5 Å². The van der Waals surface area contributed by atoms with Crippen molar-refractivity contribution in [2.24, 2.45) is 11.3 Å². The van der Waals surface area contributed by atoms with Crippen LogP contribution in [0.5, 0.6) is 0 Å². The van der Waals surface area contributed by atoms with E-state index in [1.54, 1.807) is 0 Å². The molecule has 1 aliphatic heterocycles. The third kappa shape index (κ3) is 3.49. The van der Waals surface area contributed by atoms with Gasteiger partial charge in [0.25, 0.3) is 0 Å². The van der Waals surface area contributed by atoms with Gasteiger partial charge in [-0.1, -0.05) is 29.8 Å². The molecule has 1 aromatic carbocycles. The second kappa shape index (κ2) is 6.25. The van der Waals surface area contributed by atoms with Gasteiger partial charge in [0.15, 0.2) is 9.84 Å². The number of hydrogen-bond acceptors (Lipinski definition) is 2. The smallest absolute Gasteiger partial charge is 0.150 e. The Balaban J connectivity index is 2.23. The van der Waals surface area contributed by atoms with E-state index in [9.17, 15) is 8.42 Å². The number of sulfone groups is 1. The molecular formula is C15H20Cl2O2S. The molecular weight excluding hydrogens is 315 g/mol. The highest BCUT2D eigenvalue weighted by atomic mass is 35.5. The first-order valence-corrected chi connectivity index (χ1v) is 9.68. The Morgan fingerprint density at radius 2 is 1.80 bits per heavy atom. The second-order valence-electron chi connectivity index (χ2n) is 5.89. The Kier molecular flexibility index (Phi) is 5.04. The molecule has 1 aromatic rings. The molecule has 112 valence electrons. The SMILES string of the molecule is Cc1ccc(CC(CCl)(CCl)C2CCS(=O)(=O)C2)cc1. The summed E-state index contributed by atoms with van der Waals surface area (Å²) in [5, 5.41) is 0. The first-order valence-electron chi connectivity index (χ1n) is 6.79. The highest BCUT2D eigenvalue weighted by Gasteiger charge is 2.43. The zero-order valence-corrected chi connectivity index (χ0v) is 13.9. The highest BCUT2D eigenvalue weighted by Crippen LogP contribution is 2.41. The van der Waals surface area contributed by atoms with Gasteiger partial charge in [0.05, 0.1) is 11.5 Å². The molecule has 0 spiro atoms. The fourth-order valence-electron chi connectivity index (χ4n) is 2.88. The molecule has 1 aliphatic rings. The molecule has 0 bridgehead atoms. The second-order valence-corrected chi connectivity index (χ2v) is 8.66. The lowest BCUT2D eigenvalue weighted by molar-refractivity contribution is 0.244. The Bertz CT molecular complexity index is 548. The number of alkyl halides is 2. The van der Waals surface area contributed by atoms with Crippen LogP contribution >= 0.6 is 23.2 Å². The maximum absolute atomic E-state index is 11.7. The molecule has 0 N–H and O–H groups in total. The number of rotatable bonds is 5. The van der Waals surface area contributed by atoms with Crippen molar-refractivity contribution in [2.75, 3.05) is 23.3 Å². The molecule has 1 heterocycles. The summed E-state index contributed by atoms with van der Waals surface area (Å²) in [7, 11) is -2.92. The van der Waals surface area contributed by atoms with Crippen LogP contribution in [0.15, 0.2) is 24.3 Å². The average Bonchev–Trinajstić information content (AvgIpc) is 2.79. The maximum atomic E-state index is 11.7. The van der Waals surface area contributed by atoms with E-state index in [1.165, 1.54) is 11.1 Å². The third-order valence-corrected chi connectivity index (χ3v) is 7.14. The van der Waals surface area contributed by atoms with Gasteiger partial charge in [-0.2, -0.15) is 0 Å². The summed E-state index contributed by atoms with van der Waals surface area (Å²) in [6.45, 7) is 2.05. The lowest BCUT2D eigenvalue weighted by atomic mass is 9.73. The quantitative estimate of drug-likeness (QED) is 0.773. The molecule has 0 aromatic heterocycles. The van der Waals surface area contributed by atoms with Gasteiger partial charge in [0.1, 0.15) is 0 Å². The highest BCUT2D eigenvalue weighted by molar-refractivity contribution is 7.91. The zero-order chi connectivity index (χ0) is 14.8. The molecule has 1 saturated heterocycles. The van der Waals surface area contributed by atoms with Crippen molar-refractivity contribution in [1.29, 1.82) is 0 Å². The molecule has 0 aliphatic carbocycles. The summed E-state index contributed by atoms with van der Waals surface area (Å²) >= 11 is 12.4.